The topological polar surface area (TPSA) is 12.4 Å². The van der Waals surface area contributed by atoms with Crippen LogP contribution in [-0.2, 0) is 0 Å². The van der Waals surface area contributed by atoms with Gasteiger partial charge in [0.05, 0.1) is 0 Å². The van der Waals surface area contributed by atoms with E-state index in [1.54, 1.807) is 0 Å². The first-order valence-corrected chi connectivity index (χ1v) is 8.78. The molecular formula is HCl4NSi2. The Morgan fingerprint density at radius 1 is 1.29 bits per heavy atom. The van der Waals surface area contributed by atoms with Crippen molar-refractivity contribution in [1.82, 2.24) is 0 Å². The van der Waals surface area contributed by atoms with Gasteiger partial charge in [-0.1, -0.05) is 22.2 Å². The van der Waals surface area contributed by atoms with Crippen molar-refractivity contribution < 1.29 is 0 Å². The molecule has 0 aromatic rings. The largest absolute Gasteiger partial charge is 0.347 e. The van der Waals surface area contributed by atoms with Gasteiger partial charge in [0.2, 0.25) is 0 Å². The molecule has 0 atom stereocenters. The maximum atomic E-state index is 5.27. The van der Waals surface area contributed by atoms with E-state index in [9.17, 15) is 0 Å². The van der Waals surface area contributed by atoms with E-state index in [1.807, 2.05) is 0 Å². The van der Waals surface area contributed by atoms with Crippen LogP contribution in [0.5, 0.6) is 0 Å². The molecule has 1 nitrogen and oxygen atoms in total. The minimum Gasteiger partial charge on any atom is -0.315 e. The quantitative estimate of drug-likeness (QED) is 0.466. The predicted molar refractivity (Wildman–Crippen MR) is 38.7 cm³/mol. The normalized spacial score (nSPS) is 9.29. The summed E-state index contributed by atoms with van der Waals surface area (Å²) < 4.78 is 3.58. The molecular weight excluding hydrogens is 212 g/mol. The fraction of sp³-hybridized carbons (Fsp3) is 0. The van der Waals surface area contributed by atoms with Crippen molar-refractivity contribution in [3.63, 3.8) is 0 Å². The van der Waals surface area contributed by atoms with Gasteiger partial charge in [0.25, 0.3) is 0 Å². The highest BCUT2D eigenvalue weighted by Crippen LogP contribution is 1.99. The molecule has 0 unspecified atom stereocenters. The lowest BCUT2D eigenvalue weighted by molar-refractivity contribution is 1.97. The Bertz CT molecular complexity index is 73.8. The molecule has 0 heterocycles. The first-order valence-electron chi connectivity index (χ1n) is 1.30. The third-order valence-electron chi connectivity index (χ3n) is 0.195. The number of hydrogen-bond acceptors (Lipinski definition) is 1. The average molecular weight is 213 g/mol. The van der Waals surface area contributed by atoms with E-state index in [1.165, 1.54) is 0 Å². The minimum absolute atomic E-state index is 1.57. The third-order valence-corrected chi connectivity index (χ3v) is 5.27. The summed E-state index contributed by atoms with van der Waals surface area (Å²) in [5.74, 6) is 0. The smallest absolute Gasteiger partial charge is 0.315 e. The van der Waals surface area contributed by atoms with Crippen molar-refractivity contribution in [1.29, 1.82) is 0 Å². The molecule has 0 aliphatic rings. The van der Waals surface area contributed by atoms with Gasteiger partial charge in [0.1, 0.15) is 0 Å². The van der Waals surface area contributed by atoms with E-state index >= 15 is 0 Å². The summed E-state index contributed by atoms with van der Waals surface area (Å²) in [6.45, 7) is 0. The van der Waals surface area contributed by atoms with Gasteiger partial charge in [-0.25, -0.2) is 0 Å². The molecule has 0 amide bonds. The monoisotopic (exact) mass is 211 g/mol. The van der Waals surface area contributed by atoms with Crippen LogP contribution in [0.3, 0.4) is 0 Å². The maximum absolute atomic E-state index is 5.27. The van der Waals surface area contributed by atoms with Crippen LogP contribution in [0.15, 0.2) is 4.30 Å². The second kappa shape index (κ2) is 4.29. The number of hydrogen-bond donors (Lipinski definition) is 0. The standard InChI is InChI=1S/Cl4HNSi2/c1-6(2)5-7(3)4/h6H. The van der Waals surface area contributed by atoms with E-state index in [-0.39, 0.29) is 0 Å². The van der Waals surface area contributed by atoms with Crippen LogP contribution in [0.1, 0.15) is 0 Å². The molecule has 0 aliphatic heterocycles. The lowest BCUT2D eigenvalue weighted by atomic mass is 13.9. The van der Waals surface area contributed by atoms with E-state index < -0.39 is 14.8 Å². The highest BCUT2D eigenvalue weighted by Gasteiger charge is 1.97. The Kier molecular flexibility index (Phi) is 5.14. The summed E-state index contributed by atoms with van der Waals surface area (Å²) in [4.78, 5) is 0. The van der Waals surface area contributed by atoms with E-state index in [0.29, 0.717) is 0 Å². The van der Waals surface area contributed by atoms with Crippen molar-refractivity contribution in [3.8, 4) is 0 Å². The molecule has 0 rings (SSSR count). The average Bonchev–Trinajstić information content (AvgIpc) is 1.27. The molecule has 0 N–H and O–H groups in total. The minimum atomic E-state index is -1.88. The van der Waals surface area contributed by atoms with E-state index in [0.717, 1.165) is 0 Å². The molecule has 0 aromatic heterocycles. The zero-order chi connectivity index (χ0) is 5.86. The zero-order valence-electron chi connectivity index (χ0n) is 3.04. The van der Waals surface area contributed by atoms with Crippen LogP contribution >= 0.6 is 44.3 Å². The number of halogens is 4. The molecule has 7 heavy (non-hydrogen) atoms. The van der Waals surface area contributed by atoms with Crippen LogP contribution in [0.25, 0.3) is 0 Å². The van der Waals surface area contributed by atoms with Gasteiger partial charge in [0, 0.05) is 0 Å². The predicted octanol–water partition coefficient (Wildman–Crippen LogP) is 1.91. The van der Waals surface area contributed by atoms with E-state index in [4.69, 9.17) is 44.3 Å². The Morgan fingerprint density at radius 2 is 1.71 bits per heavy atom. The Morgan fingerprint density at radius 3 is 1.71 bits per heavy atom. The maximum Gasteiger partial charge on any atom is 0.347 e. The second-order valence-corrected chi connectivity index (χ2v) is 8.60. The van der Waals surface area contributed by atoms with Gasteiger partial charge in [-0.15, -0.1) is 22.2 Å². The Labute approximate surface area is 63.4 Å². The van der Waals surface area contributed by atoms with Crippen molar-refractivity contribution in [3.05, 3.63) is 0 Å². The first kappa shape index (κ1) is 8.39. The van der Waals surface area contributed by atoms with Crippen molar-refractivity contribution in [2.75, 3.05) is 0 Å². The molecule has 0 saturated carbocycles. The lowest BCUT2D eigenvalue weighted by Gasteiger charge is -1.82. The highest BCUT2D eigenvalue weighted by molar-refractivity contribution is 7.38. The molecule has 0 spiro atoms. The molecule has 0 aliphatic carbocycles. The third kappa shape index (κ3) is 7.39. The Balaban J connectivity index is 3.45. The summed E-state index contributed by atoms with van der Waals surface area (Å²) in [6, 6.07) is 0. The lowest BCUT2D eigenvalue weighted by Crippen LogP contribution is -1.88. The SMILES string of the molecule is Cl[Si](Cl)=N[SiH](Cl)Cl. The van der Waals surface area contributed by atoms with Crippen molar-refractivity contribution in [2.24, 2.45) is 4.30 Å². The molecule has 0 radical (unpaired) electrons. The summed E-state index contributed by atoms with van der Waals surface area (Å²) in [5, 5.41) is 0. The van der Waals surface area contributed by atoms with Crippen LogP contribution in [0.4, 0.5) is 0 Å². The van der Waals surface area contributed by atoms with Crippen LogP contribution in [-0.4, -0.2) is 14.8 Å². The van der Waals surface area contributed by atoms with Crippen molar-refractivity contribution >= 4 is 59.1 Å². The Hall–Kier alpha value is 1.39. The molecule has 0 aromatic carbocycles. The fourth-order valence-electron chi connectivity index (χ4n) is 0.0738. The van der Waals surface area contributed by atoms with Gasteiger partial charge < -0.3 is 4.30 Å². The fourth-order valence-corrected chi connectivity index (χ4v) is 5.98. The van der Waals surface area contributed by atoms with Gasteiger partial charge in [0.15, 0.2) is 0 Å². The summed E-state index contributed by atoms with van der Waals surface area (Å²) in [5.41, 5.74) is 0. The number of rotatable bonds is 1. The van der Waals surface area contributed by atoms with Gasteiger partial charge in [-0.05, 0) is 0 Å². The molecule has 42 valence electrons. The van der Waals surface area contributed by atoms with Gasteiger partial charge in [-0.3, -0.25) is 0 Å². The summed E-state index contributed by atoms with van der Waals surface area (Å²) in [7, 11) is -3.44. The molecule has 7 heteroatoms. The number of nitrogens with zero attached hydrogens (tertiary/aromatic N) is 1. The second-order valence-electron chi connectivity index (χ2n) is 0.647. The molecule has 0 fully saturated rings. The summed E-state index contributed by atoms with van der Waals surface area (Å²) >= 11 is 21.0. The van der Waals surface area contributed by atoms with Gasteiger partial charge >= 0.3 is 14.8 Å². The molecule has 0 bridgehead atoms. The van der Waals surface area contributed by atoms with Crippen LogP contribution < -0.4 is 0 Å². The zero-order valence-corrected chi connectivity index (χ0v) is 8.21. The summed E-state index contributed by atoms with van der Waals surface area (Å²) in [6.07, 6.45) is 0. The molecule has 0 saturated heterocycles. The van der Waals surface area contributed by atoms with Gasteiger partial charge in [-0.2, -0.15) is 0 Å². The highest BCUT2D eigenvalue weighted by atomic mass is 35.7. The van der Waals surface area contributed by atoms with Crippen molar-refractivity contribution in [2.45, 2.75) is 0 Å². The first-order chi connectivity index (χ1) is 3.13. The van der Waals surface area contributed by atoms with Crippen LogP contribution in [0, 0.1) is 0 Å². The van der Waals surface area contributed by atoms with Crippen LogP contribution in [0.2, 0.25) is 0 Å². The van der Waals surface area contributed by atoms with E-state index in [2.05, 4.69) is 4.30 Å².